The molecule has 0 aliphatic heterocycles. The van der Waals surface area contributed by atoms with Crippen molar-refractivity contribution in [1.82, 2.24) is 9.97 Å². The number of carbonyl (C=O) groups is 1. The van der Waals surface area contributed by atoms with Crippen LogP contribution in [0.3, 0.4) is 0 Å². The Morgan fingerprint density at radius 3 is 2.67 bits per heavy atom. The number of nitrogens with zero attached hydrogens (tertiary/aromatic N) is 2. The van der Waals surface area contributed by atoms with Crippen molar-refractivity contribution in [3.05, 3.63) is 59.1 Å². The maximum Gasteiger partial charge on any atom is 0.503 e. The van der Waals surface area contributed by atoms with Gasteiger partial charge in [-0.2, -0.15) is 5.26 Å². The minimum Gasteiger partial charge on any atom is -0.496 e. The number of aromatic nitrogens is 2. The van der Waals surface area contributed by atoms with Crippen molar-refractivity contribution in [1.29, 1.82) is 5.26 Å². The van der Waals surface area contributed by atoms with Gasteiger partial charge in [-0.25, -0.2) is 9.78 Å². The van der Waals surface area contributed by atoms with E-state index in [1.165, 1.54) is 0 Å². The molecule has 0 unspecified atom stereocenters. The second-order valence-electron chi connectivity index (χ2n) is 7.22. The average molecular weight is 405 g/mol. The van der Waals surface area contributed by atoms with E-state index in [0.717, 1.165) is 46.1 Å². The van der Waals surface area contributed by atoms with Crippen LogP contribution in [0.1, 0.15) is 35.4 Å². The summed E-state index contributed by atoms with van der Waals surface area (Å²) in [6, 6.07) is 11.7. The maximum atomic E-state index is 9.11. The first-order valence-corrected chi connectivity index (χ1v) is 9.28. The number of aromatic amines is 1. The summed E-state index contributed by atoms with van der Waals surface area (Å²) in [6.45, 7) is 2.08. The van der Waals surface area contributed by atoms with E-state index in [1.807, 2.05) is 12.3 Å². The normalized spacial score (nSPS) is 14.0. The van der Waals surface area contributed by atoms with Gasteiger partial charge in [-0.3, -0.25) is 0 Å². The molecule has 0 saturated heterocycles. The van der Waals surface area contributed by atoms with E-state index in [0.29, 0.717) is 17.0 Å². The molecule has 3 N–H and O–H groups in total. The van der Waals surface area contributed by atoms with Gasteiger partial charge in [0, 0.05) is 22.7 Å². The predicted molar refractivity (Wildman–Crippen MR) is 109 cm³/mol. The molecule has 0 bridgehead atoms. The third-order valence-electron chi connectivity index (χ3n) is 5.38. The predicted octanol–water partition coefficient (Wildman–Crippen LogP) is 4.80. The van der Waals surface area contributed by atoms with Crippen LogP contribution in [0, 0.1) is 18.3 Å². The molecule has 0 amide bonds. The fraction of sp³-hybridized carbons (Fsp3) is 0.227. The molecule has 30 heavy (non-hydrogen) atoms. The number of hydrogen-bond donors (Lipinski definition) is 3. The standard InChI is InChI=1S/C21H17N3O2.CH2O3/c1-12-9-17(25-2)18(14-5-8-23-19(12)14)21(6-7-21)20-24-15-10-13(11-22)3-4-16(15)26-20;2-1(3)4/h3-5,8-10,23H,6-7H2,1-2H3;(H2,2,3,4). The number of rotatable bonds is 3. The van der Waals surface area contributed by atoms with Crippen LogP contribution in [-0.4, -0.2) is 33.4 Å². The Morgan fingerprint density at radius 1 is 1.30 bits per heavy atom. The third kappa shape index (κ3) is 3.10. The van der Waals surface area contributed by atoms with E-state index in [2.05, 4.69) is 30.1 Å². The monoisotopic (exact) mass is 405 g/mol. The zero-order valence-electron chi connectivity index (χ0n) is 16.4. The smallest absolute Gasteiger partial charge is 0.496 e. The zero-order valence-corrected chi connectivity index (χ0v) is 16.4. The van der Waals surface area contributed by atoms with Crippen molar-refractivity contribution in [2.24, 2.45) is 0 Å². The summed E-state index contributed by atoms with van der Waals surface area (Å²) in [5.41, 5.74) is 5.15. The lowest BCUT2D eigenvalue weighted by molar-refractivity contribution is 0.137. The molecular formula is C22H19N3O5. The second kappa shape index (κ2) is 7.12. The molecule has 1 aliphatic rings. The molecule has 152 valence electrons. The second-order valence-corrected chi connectivity index (χ2v) is 7.22. The largest absolute Gasteiger partial charge is 0.503 e. The molecule has 0 atom stereocenters. The summed E-state index contributed by atoms with van der Waals surface area (Å²) in [4.78, 5) is 16.6. The van der Waals surface area contributed by atoms with Gasteiger partial charge in [0.1, 0.15) is 11.3 Å². The number of nitriles is 1. The first kappa shape index (κ1) is 19.3. The van der Waals surface area contributed by atoms with Gasteiger partial charge in [0.25, 0.3) is 0 Å². The van der Waals surface area contributed by atoms with E-state index >= 15 is 0 Å². The summed E-state index contributed by atoms with van der Waals surface area (Å²) in [5, 5.41) is 24.2. The van der Waals surface area contributed by atoms with Crippen molar-refractivity contribution in [3.8, 4) is 11.8 Å². The van der Waals surface area contributed by atoms with E-state index in [4.69, 9.17) is 34.4 Å². The Bertz CT molecular complexity index is 1300. The Labute approximate surface area is 171 Å². The van der Waals surface area contributed by atoms with Crippen molar-refractivity contribution in [2.45, 2.75) is 25.2 Å². The van der Waals surface area contributed by atoms with Crippen LogP contribution in [0.25, 0.3) is 22.0 Å². The minimum absolute atomic E-state index is 0.273. The quantitative estimate of drug-likeness (QED) is 0.446. The lowest BCUT2D eigenvalue weighted by Crippen LogP contribution is -2.12. The number of methoxy groups -OCH3 is 1. The summed E-state index contributed by atoms with van der Waals surface area (Å²) >= 11 is 0. The molecule has 2 heterocycles. The van der Waals surface area contributed by atoms with E-state index in [1.54, 1.807) is 19.2 Å². The first-order valence-electron chi connectivity index (χ1n) is 9.28. The van der Waals surface area contributed by atoms with Crippen molar-refractivity contribution in [3.63, 3.8) is 0 Å². The molecule has 4 aromatic rings. The number of carboxylic acid groups (broad SMARTS) is 2. The number of ether oxygens (including phenoxy) is 1. The van der Waals surface area contributed by atoms with Crippen molar-refractivity contribution < 1.29 is 24.2 Å². The molecule has 2 aromatic heterocycles. The van der Waals surface area contributed by atoms with E-state index in [-0.39, 0.29) is 5.41 Å². The van der Waals surface area contributed by atoms with Crippen molar-refractivity contribution >= 4 is 28.2 Å². The number of nitrogens with one attached hydrogen (secondary N) is 1. The van der Waals surface area contributed by atoms with Gasteiger partial charge in [0.15, 0.2) is 5.58 Å². The number of hydrogen-bond acceptors (Lipinski definition) is 5. The van der Waals surface area contributed by atoms with E-state index < -0.39 is 6.16 Å². The Hall–Kier alpha value is -3.99. The van der Waals surface area contributed by atoms with Crippen LogP contribution in [0.4, 0.5) is 4.79 Å². The highest BCUT2D eigenvalue weighted by Crippen LogP contribution is 2.58. The van der Waals surface area contributed by atoms with Crippen LogP contribution in [0.15, 0.2) is 40.9 Å². The third-order valence-corrected chi connectivity index (χ3v) is 5.38. The molecular weight excluding hydrogens is 386 g/mol. The average Bonchev–Trinajstić information content (AvgIpc) is 3.16. The minimum atomic E-state index is -1.83. The molecule has 1 saturated carbocycles. The molecule has 1 aliphatic carbocycles. The Kier molecular flexibility index (Phi) is 4.59. The molecule has 5 rings (SSSR count). The zero-order chi connectivity index (χ0) is 21.5. The van der Waals surface area contributed by atoms with Crippen LogP contribution in [0.5, 0.6) is 5.75 Å². The fourth-order valence-corrected chi connectivity index (χ4v) is 3.93. The van der Waals surface area contributed by atoms with Crippen LogP contribution >= 0.6 is 0 Å². The fourth-order valence-electron chi connectivity index (χ4n) is 3.93. The number of oxazole rings is 1. The molecule has 1 fully saturated rings. The molecule has 0 radical (unpaired) electrons. The highest BCUT2D eigenvalue weighted by molar-refractivity contribution is 5.90. The number of aryl methyl sites for hydroxylation is 1. The van der Waals surface area contributed by atoms with Crippen LogP contribution in [0.2, 0.25) is 0 Å². The maximum absolute atomic E-state index is 9.11. The lowest BCUT2D eigenvalue weighted by atomic mass is 9.90. The Morgan fingerprint density at radius 2 is 2.03 bits per heavy atom. The van der Waals surface area contributed by atoms with Gasteiger partial charge in [-0.1, -0.05) is 0 Å². The first-order chi connectivity index (χ1) is 14.4. The molecule has 8 nitrogen and oxygen atoms in total. The molecule has 8 heteroatoms. The summed E-state index contributed by atoms with van der Waals surface area (Å²) in [5.74, 6) is 1.57. The number of benzene rings is 2. The molecule has 2 aromatic carbocycles. The van der Waals surface area contributed by atoms with Gasteiger partial charge in [-0.15, -0.1) is 0 Å². The highest BCUT2D eigenvalue weighted by Gasteiger charge is 2.53. The van der Waals surface area contributed by atoms with Gasteiger partial charge < -0.3 is 24.4 Å². The van der Waals surface area contributed by atoms with Crippen molar-refractivity contribution in [2.75, 3.05) is 7.11 Å². The van der Waals surface area contributed by atoms with E-state index in [9.17, 15) is 0 Å². The summed E-state index contributed by atoms with van der Waals surface area (Å²) in [7, 11) is 1.71. The van der Waals surface area contributed by atoms with Crippen LogP contribution < -0.4 is 4.74 Å². The van der Waals surface area contributed by atoms with Gasteiger partial charge >= 0.3 is 6.16 Å². The highest BCUT2D eigenvalue weighted by atomic mass is 16.6. The van der Waals surface area contributed by atoms with Gasteiger partial charge in [-0.05, 0) is 55.7 Å². The van der Waals surface area contributed by atoms with Crippen LogP contribution in [-0.2, 0) is 5.41 Å². The van der Waals surface area contributed by atoms with Gasteiger partial charge in [0.05, 0.1) is 24.2 Å². The lowest BCUT2D eigenvalue weighted by Gasteiger charge is -2.18. The molecule has 0 spiro atoms. The number of fused-ring (bicyclic) bond motifs is 2. The number of H-pyrrole nitrogens is 1. The van der Waals surface area contributed by atoms with Gasteiger partial charge in [0.2, 0.25) is 5.89 Å². The SMILES string of the molecule is COc1cc(C)c2[nH]ccc2c1C1(c2nc3cc(C#N)ccc3o2)CC1.O=C(O)O. The summed E-state index contributed by atoms with van der Waals surface area (Å²) < 4.78 is 11.9. The summed E-state index contributed by atoms with van der Waals surface area (Å²) in [6.07, 6.45) is 2.05. The Balaban J connectivity index is 0.000000503. The topological polar surface area (TPSA) is 132 Å².